The lowest BCUT2D eigenvalue weighted by atomic mass is 10.3. The van der Waals surface area contributed by atoms with Crippen LogP contribution in [0.15, 0.2) is 35.5 Å². The van der Waals surface area contributed by atoms with Gasteiger partial charge in [-0.25, -0.2) is 4.98 Å². The van der Waals surface area contributed by atoms with Crippen molar-refractivity contribution in [1.29, 1.82) is 0 Å². The molecular formula is C12H16N4O2S. The summed E-state index contributed by atoms with van der Waals surface area (Å²) in [5, 5.41) is 0.0649. The van der Waals surface area contributed by atoms with E-state index < -0.39 is 10.0 Å². The van der Waals surface area contributed by atoms with Gasteiger partial charge >= 0.3 is 0 Å². The molecule has 0 atom stereocenters. The quantitative estimate of drug-likeness (QED) is 0.828. The van der Waals surface area contributed by atoms with Crippen molar-refractivity contribution in [3.8, 4) is 0 Å². The van der Waals surface area contributed by atoms with Crippen molar-refractivity contribution >= 4 is 21.4 Å². The van der Waals surface area contributed by atoms with Crippen LogP contribution in [-0.2, 0) is 16.4 Å². The maximum absolute atomic E-state index is 12.4. The van der Waals surface area contributed by atoms with Crippen LogP contribution in [0.3, 0.4) is 0 Å². The Morgan fingerprint density at radius 1 is 1.37 bits per heavy atom. The number of para-hydroxylation sites is 2. The number of H-pyrrole nitrogens is 1. The van der Waals surface area contributed by atoms with Gasteiger partial charge in [0.1, 0.15) is 5.82 Å². The monoisotopic (exact) mass is 280 g/mol. The number of benzene rings is 1. The molecule has 2 aromatic rings. The van der Waals surface area contributed by atoms with Crippen LogP contribution in [0.5, 0.6) is 0 Å². The lowest BCUT2D eigenvalue weighted by Crippen LogP contribution is -2.27. The standard InChI is InChI=1S/C12H16N4O2S/c1-3-11-14-8-12(15-11)19(17,18)16(2)10-7-5-4-6-9(10)13/h4-8H,3,13H2,1-2H3,(H,14,15). The van der Waals surface area contributed by atoms with E-state index in [1.54, 1.807) is 24.3 Å². The Balaban J connectivity index is 2.42. The van der Waals surface area contributed by atoms with E-state index in [0.29, 0.717) is 23.6 Å². The fraction of sp³-hybridized carbons (Fsp3) is 0.250. The molecule has 0 unspecified atom stereocenters. The Labute approximate surface area is 112 Å². The molecule has 0 saturated heterocycles. The van der Waals surface area contributed by atoms with Gasteiger partial charge in [-0.15, -0.1) is 0 Å². The lowest BCUT2D eigenvalue weighted by Gasteiger charge is -2.19. The maximum Gasteiger partial charge on any atom is 0.281 e. The number of hydrogen-bond donors (Lipinski definition) is 2. The number of aromatic nitrogens is 2. The smallest absolute Gasteiger partial charge is 0.281 e. The molecule has 1 heterocycles. The number of aryl methyl sites for hydroxylation is 1. The number of nitrogens with two attached hydrogens (primary N) is 1. The number of imidazole rings is 1. The van der Waals surface area contributed by atoms with Gasteiger partial charge in [-0.05, 0) is 12.1 Å². The van der Waals surface area contributed by atoms with E-state index in [4.69, 9.17) is 5.73 Å². The van der Waals surface area contributed by atoms with E-state index in [-0.39, 0.29) is 5.03 Å². The van der Waals surface area contributed by atoms with Gasteiger partial charge in [0.15, 0.2) is 5.03 Å². The predicted molar refractivity (Wildman–Crippen MR) is 74.4 cm³/mol. The summed E-state index contributed by atoms with van der Waals surface area (Å²) in [6.07, 6.45) is 1.97. The van der Waals surface area contributed by atoms with Crippen LogP contribution >= 0.6 is 0 Å². The number of aromatic amines is 1. The Morgan fingerprint density at radius 2 is 2.05 bits per heavy atom. The Morgan fingerprint density at radius 3 is 2.63 bits per heavy atom. The first-order chi connectivity index (χ1) is 8.96. The number of anilines is 2. The lowest BCUT2D eigenvalue weighted by molar-refractivity contribution is 0.591. The van der Waals surface area contributed by atoms with Crippen LogP contribution in [0.4, 0.5) is 11.4 Å². The van der Waals surface area contributed by atoms with Crippen molar-refractivity contribution in [3.63, 3.8) is 0 Å². The van der Waals surface area contributed by atoms with Crippen molar-refractivity contribution in [1.82, 2.24) is 9.97 Å². The summed E-state index contributed by atoms with van der Waals surface area (Å²) in [6, 6.07) is 6.81. The molecule has 1 aromatic carbocycles. The molecule has 0 aliphatic heterocycles. The summed E-state index contributed by atoms with van der Waals surface area (Å²) >= 11 is 0. The molecular weight excluding hydrogens is 264 g/mol. The van der Waals surface area contributed by atoms with Crippen LogP contribution in [0.25, 0.3) is 0 Å². The van der Waals surface area contributed by atoms with Gasteiger partial charge in [0.25, 0.3) is 10.0 Å². The van der Waals surface area contributed by atoms with Gasteiger partial charge in [0, 0.05) is 13.5 Å². The molecule has 0 spiro atoms. The molecule has 0 bridgehead atoms. The van der Waals surface area contributed by atoms with E-state index in [2.05, 4.69) is 9.97 Å². The number of hydrogen-bond acceptors (Lipinski definition) is 4. The highest BCUT2D eigenvalue weighted by atomic mass is 32.2. The average molecular weight is 280 g/mol. The number of rotatable bonds is 4. The summed E-state index contributed by atoms with van der Waals surface area (Å²) in [5.41, 5.74) is 6.64. The zero-order valence-corrected chi connectivity index (χ0v) is 11.6. The molecule has 2 rings (SSSR count). The van der Waals surface area contributed by atoms with E-state index in [1.807, 2.05) is 6.92 Å². The second kappa shape index (κ2) is 4.93. The van der Waals surface area contributed by atoms with Crippen molar-refractivity contribution in [2.24, 2.45) is 0 Å². The minimum Gasteiger partial charge on any atom is -0.397 e. The first-order valence-corrected chi connectivity index (χ1v) is 7.28. The molecule has 0 aliphatic rings. The van der Waals surface area contributed by atoms with Crippen LogP contribution in [-0.4, -0.2) is 25.4 Å². The molecule has 3 N–H and O–H groups in total. The topological polar surface area (TPSA) is 92.1 Å². The maximum atomic E-state index is 12.4. The number of nitrogen functional groups attached to an aromatic ring is 1. The average Bonchev–Trinajstić information content (AvgIpc) is 2.88. The van der Waals surface area contributed by atoms with Crippen LogP contribution in [0, 0.1) is 0 Å². The molecule has 0 radical (unpaired) electrons. The van der Waals surface area contributed by atoms with E-state index in [0.717, 1.165) is 4.31 Å². The number of nitrogens with one attached hydrogen (secondary N) is 1. The van der Waals surface area contributed by atoms with Crippen molar-refractivity contribution in [2.75, 3.05) is 17.1 Å². The predicted octanol–water partition coefficient (Wildman–Crippen LogP) is 1.38. The van der Waals surface area contributed by atoms with E-state index in [9.17, 15) is 8.42 Å². The normalized spacial score (nSPS) is 11.5. The summed E-state index contributed by atoms with van der Waals surface area (Å²) in [7, 11) is -2.20. The largest absolute Gasteiger partial charge is 0.397 e. The highest BCUT2D eigenvalue weighted by Crippen LogP contribution is 2.26. The Kier molecular flexibility index (Phi) is 3.48. The number of sulfonamides is 1. The molecule has 102 valence electrons. The van der Waals surface area contributed by atoms with E-state index in [1.165, 1.54) is 13.2 Å². The second-order valence-corrected chi connectivity index (χ2v) is 6.02. The summed E-state index contributed by atoms with van der Waals surface area (Å²) in [4.78, 5) is 6.80. The molecule has 0 amide bonds. The molecule has 6 nitrogen and oxygen atoms in total. The first-order valence-electron chi connectivity index (χ1n) is 5.84. The molecule has 0 fully saturated rings. The van der Waals surface area contributed by atoms with Gasteiger partial charge in [-0.1, -0.05) is 19.1 Å². The van der Waals surface area contributed by atoms with Gasteiger partial charge in [0.2, 0.25) is 0 Å². The van der Waals surface area contributed by atoms with Gasteiger partial charge in [-0.2, -0.15) is 8.42 Å². The van der Waals surface area contributed by atoms with Crippen LogP contribution < -0.4 is 10.0 Å². The van der Waals surface area contributed by atoms with Crippen molar-refractivity contribution < 1.29 is 8.42 Å². The SMILES string of the molecule is CCc1ncc(S(=O)(=O)N(C)c2ccccc2N)[nH]1. The van der Waals surface area contributed by atoms with Crippen LogP contribution in [0.1, 0.15) is 12.7 Å². The minimum atomic E-state index is -3.67. The third-order valence-corrected chi connectivity index (χ3v) is 4.54. The van der Waals surface area contributed by atoms with Crippen molar-refractivity contribution in [3.05, 3.63) is 36.3 Å². The number of nitrogens with zero attached hydrogens (tertiary/aromatic N) is 2. The van der Waals surface area contributed by atoms with E-state index >= 15 is 0 Å². The summed E-state index contributed by atoms with van der Waals surface area (Å²) < 4.78 is 26.0. The second-order valence-electron chi connectivity index (χ2n) is 4.08. The summed E-state index contributed by atoms with van der Waals surface area (Å²) in [6.45, 7) is 1.90. The zero-order valence-electron chi connectivity index (χ0n) is 10.8. The molecule has 19 heavy (non-hydrogen) atoms. The molecule has 0 saturated carbocycles. The third kappa shape index (κ3) is 2.41. The molecule has 1 aromatic heterocycles. The van der Waals surface area contributed by atoms with Crippen molar-refractivity contribution in [2.45, 2.75) is 18.4 Å². The Bertz CT molecular complexity index is 679. The van der Waals surface area contributed by atoms with Crippen LogP contribution in [0.2, 0.25) is 0 Å². The fourth-order valence-electron chi connectivity index (χ4n) is 1.71. The highest BCUT2D eigenvalue weighted by molar-refractivity contribution is 7.92. The van der Waals surface area contributed by atoms with Gasteiger partial charge in [-0.3, -0.25) is 4.31 Å². The highest BCUT2D eigenvalue weighted by Gasteiger charge is 2.24. The third-order valence-electron chi connectivity index (χ3n) is 2.85. The fourth-order valence-corrected chi connectivity index (χ4v) is 2.86. The van der Waals surface area contributed by atoms with Gasteiger partial charge < -0.3 is 10.7 Å². The zero-order chi connectivity index (χ0) is 14.0. The molecule has 0 aliphatic carbocycles. The first kappa shape index (κ1) is 13.4. The van der Waals surface area contributed by atoms with Gasteiger partial charge in [0.05, 0.1) is 17.6 Å². The molecule has 7 heteroatoms. The summed E-state index contributed by atoms with van der Waals surface area (Å²) in [5.74, 6) is 0.632. The minimum absolute atomic E-state index is 0.0649. The Hall–Kier alpha value is -2.02.